The van der Waals surface area contributed by atoms with E-state index in [9.17, 15) is 18.4 Å². The van der Waals surface area contributed by atoms with Crippen LogP contribution in [-0.4, -0.2) is 25.0 Å². The summed E-state index contributed by atoms with van der Waals surface area (Å²) in [6.07, 6.45) is -0.0719. The molecule has 0 aliphatic rings. The molecular weight excluding hydrogens is 396 g/mol. The van der Waals surface area contributed by atoms with Gasteiger partial charge in [-0.1, -0.05) is 34.1 Å². The number of methoxy groups -OCH3 is 1. The summed E-state index contributed by atoms with van der Waals surface area (Å²) < 4.78 is 32.2. The number of amides is 1. The van der Waals surface area contributed by atoms with E-state index in [1.165, 1.54) is 13.2 Å². The summed E-state index contributed by atoms with van der Waals surface area (Å²) in [5.41, 5.74) is 0.873. The maximum Gasteiger partial charge on any atom is 0.328 e. The molecule has 7 heteroatoms. The number of rotatable bonds is 6. The monoisotopic (exact) mass is 411 g/mol. The van der Waals surface area contributed by atoms with Gasteiger partial charge in [0.25, 0.3) is 0 Å². The van der Waals surface area contributed by atoms with Gasteiger partial charge in [0, 0.05) is 17.0 Å². The highest BCUT2D eigenvalue weighted by atomic mass is 79.9. The smallest absolute Gasteiger partial charge is 0.328 e. The summed E-state index contributed by atoms with van der Waals surface area (Å²) in [5, 5.41) is 2.54. The summed E-state index contributed by atoms with van der Waals surface area (Å²) in [7, 11) is 1.22. The van der Waals surface area contributed by atoms with Crippen molar-refractivity contribution in [2.75, 3.05) is 7.11 Å². The Morgan fingerprint density at radius 2 is 1.84 bits per heavy atom. The van der Waals surface area contributed by atoms with Crippen molar-refractivity contribution in [2.24, 2.45) is 0 Å². The van der Waals surface area contributed by atoms with Gasteiger partial charge in [-0.15, -0.1) is 0 Å². The molecule has 0 bridgehead atoms. The van der Waals surface area contributed by atoms with Crippen molar-refractivity contribution in [1.82, 2.24) is 5.32 Å². The lowest BCUT2D eigenvalue weighted by Gasteiger charge is -2.17. The summed E-state index contributed by atoms with van der Waals surface area (Å²) in [4.78, 5) is 24.1. The number of esters is 1. The largest absolute Gasteiger partial charge is 0.467 e. The quantitative estimate of drug-likeness (QED) is 0.742. The van der Waals surface area contributed by atoms with Crippen LogP contribution in [0.3, 0.4) is 0 Å². The number of carbonyl (C=O) groups is 2. The topological polar surface area (TPSA) is 55.4 Å². The predicted molar refractivity (Wildman–Crippen MR) is 91.9 cm³/mol. The molecule has 2 aromatic rings. The third kappa shape index (κ3) is 5.63. The van der Waals surface area contributed by atoms with Crippen LogP contribution in [-0.2, 0) is 27.2 Å². The van der Waals surface area contributed by atoms with Gasteiger partial charge in [-0.25, -0.2) is 13.6 Å². The molecule has 0 unspecified atom stereocenters. The zero-order valence-electron chi connectivity index (χ0n) is 13.4. The van der Waals surface area contributed by atoms with Gasteiger partial charge in [0.1, 0.15) is 17.7 Å². The van der Waals surface area contributed by atoms with E-state index in [1.807, 2.05) is 24.3 Å². The molecule has 0 aromatic heterocycles. The Morgan fingerprint density at radius 3 is 2.44 bits per heavy atom. The van der Waals surface area contributed by atoms with E-state index in [2.05, 4.69) is 21.2 Å². The number of halogens is 3. The van der Waals surface area contributed by atoms with Crippen LogP contribution in [0.1, 0.15) is 11.1 Å². The maximum absolute atomic E-state index is 13.6. The molecule has 0 saturated heterocycles. The van der Waals surface area contributed by atoms with Crippen LogP contribution < -0.4 is 5.32 Å². The van der Waals surface area contributed by atoms with E-state index in [4.69, 9.17) is 4.74 Å². The molecular formula is C18H16BrF2NO3. The average Bonchev–Trinajstić information content (AvgIpc) is 2.58. The molecule has 25 heavy (non-hydrogen) atoms. The third-order valence-electron chi connectivity index (χ3n) is 3.54. The fraction of sp³-hybridized carbons (Fsp3) is 0.222. The van der Waals surface area contributed by atoms with Crippen LogP contribution in [0, 0.1) is 11.6 Å². The number of benzene rings is 2. The zero-order chi connectivity index (χ0) is 18.4. The van der Waals surface area contributed by atoms with Gasteiger partial charge < -0.3 is 10.1 Å². The van der Waals surface area contributed by atoms with E-state index in [0.29, 0.717) is 6.07 Å². The molecule has 1 amide bonds. The highest BCUT2D eigenvalue weighted by Crippen LogP contribution is 2.13. The molecule has 0 heterocycles. The van der Waals surface area contributed by atoms with E-state index in [-0.39, 0.29) is 18.4 Å². The van der Waals surface area contributed by atoms with E-state index < -0.39 is 29.6 Å². The second kappa shape index (κ2) is 8.71. The van der Waals surface area contributed by atoms with Crippen molar-refractivity contribution < 1.29 is 23.1 Å². The fourth-order valence-electron chi connectivity index (χ4n) is 2.28. The Bertz CT molecular complexity index is 765. The SMILES string of the molecule is COC(=O)[C@H](Cc1ccc(Br)cc1)NC(=O)Cc1ccc(F)cc1F. The van der Waals surface area contributed by atoms with Gasteiger partial charge in [-0.3, -0.25) is 4.79 Å². The molecule has 0 fully saturated rings. The van der Waals surface area contributed by atoms with Gasteiger partial charge in [0.05, 0.1) is 13.5 Å². The second-order valence-corrected chi connectivity index (χ2v) is 6.30. The summed E-state index contributed by atoms with van der Waals surface area (Å²) in [5.74, 6) is -2.68. The number of nitrogens with one attached hydrogen (secondary N) is 1. The van der Waals surface area contributed by atoms with Crippen LogP contribution in [0.4, 0.5) is 8.78 Å². The van der Waals surface area contributed by atoms with Crippen molar-refractivity contribution in [1.29, 1.82) is 0 Å². The molecule has 0 radical (unpaired) electrons. The van der Waals surface area contributed by atoms with Gasteiger partial charge in [0.2, 0.25) is 5.91 Å². The Labute approximate surface area is 152 Å². The van der Waals surface area contributed by atoms with Crippen molar-refractivity contribution in [3.63, 3.8) is 0 Å². The third-order valence-corrected chi connectivity index (χ3v) is 4.07. The molecule has 2 rings (SSSR count). The lowest BCUT2D eigenvalue weighted by Crippen LogP contribution is -2.43. The number of hydrogen-bond acceptors (Lipinski definition) is 3. The summed E-state index contributed by atoms with van der Waals surface area (Å²) >= 11 is 3.32. The Balaban J connectivity index is 2.06. The molecule has 4 nitrogen and oxygen atoms in total. The lowest BCUT2D eigenvalue weighted by molar-refractivity contribution is -0.145. The number of hydrogen-bond donors (Lipinski definition) is 1. The number of ether oxygens (including phenoxy) is 1. The first-order chi connectivity index (χ1) is 11.9. The number of carbonyl (C=O) groups excluding carboxylic acids is 2. The average molecular weight is 412 g/mol. The van der Waals surface area contributed by atoms with Gasteiger partial charge in [-0.2, -0.15) is 0 Å². The van der Waals surface area contributed by atoms with Gasteiger partial charge in [0.15, 0.2) is 0 Å². The predicted octanol–water partition coefficient (Wildman–Crippen LogP) is 3.17. The van der Waals surface area contributed by atoms with E-state index >= 15 is 0 Å². The van der Waals surface area contributed by atoms with Crippen molar-refractivity contribution in [2.45, 2.75) is 18.9 Å². The van der Waals surface area contributed by atoms with Crippen LogP contribution >= 0.6 is 15.9 Å². The Kier molecular flexibility index (Phi) is 6.64. The molecule has 0 aliphatic carbocycles. The van der Waals surface area contributed by atoms with Crippen LogP contribution in [0.25, 0.3) is 0 Å². The van der Waals surface area contributed by atoms with E-state index in [1.54, 1.807) is 0 Å². The summed E-state index contributed by atoms with van der Waals surface area (Å²) in [6.45, 7) is 0. The highest BCUT2D eigenvalue weighted by molar-refractivity contribution is 9.10. The fourth-order valence-corrected chi connectivity index (χ4v) is 2.54. The second-order valence-electron chi connectivity index (χ2n) is 5.39. The maximum atomic E-state index is 13.6. The molecule has 1 atom stereocenters. The first-order valence-electron chi connectivity index (χ1n) is 7.44. The minimum atomic E-state index is -0.901. The van der Waals surface area contributed by atoms with Crippen LogP contribution in [0.15, 0.2) is 46.9 Å². The molecule has 2 aromatic carbocycles. The molecule has 0 spiro atoms. The Hall–Kier alpha value is -2.28. The minimum Gasteiger partial charge on any atom is -0.467 e. The normalized spacial score (nSPS) is 11.7. The van der Waals surface area contributed by atoms with Gasteiger partial charge in [-0.05, 0) is 29.3 Å². The minimum absolute atomic E-state index is 0.0474. The van der Waals surface area contributed by atoms with Crippen molar-refractivity contribution in [3.8, 4) is 0 Å². The molecule has 1 N–H and O–H groups in total. The van der Waals surface area contributed by atoms with Gasteiger partial charge >= 0.3 is 5.97 Å². The molecule has 0 saturated carbocycles. The molecule has 132 valence electrons. The van der Waals surface area contributed by atoms with Crippen LogP contribution in [0.5, 0.6) is 0 Å². The van der Waals surface area contributed by atoms with Crippen molar-refractivity contribution in [3.05, 3.63) is 69.7 Å². The summed E-state index contributed by atoms with van der Waals surface area (Å²) in [6, 6.07) is 9.35. The highest BCUT2D eigenvalue weighted by Gasteiger charge is 2.22. The lowest BCUT2D eigenvalue weighted by atomic mass is 10.1. The zero-order valence-corrected chi connectivity index (χ0v) is 15.0. The van der Waals surface area contributed by atoms with Crippen LogP contribution in [0.2, 0.25) is 0 Å². The molecule has 0 aliphatic heterocycles. The first kappa shape index (κ1) is 19.1. The standard InChI is InChI=1S/C18H16BrF2NO3/c1-25-18(24)16(8-11-2-5-13(19)6-3-11)22-17(23)9-12-4-7-14(20)10-15(12)21/h2-7,10,16H,8-9H2,1H3,(H,22,23)/t16-/m0/s1. The first-order valence-corrected chi connectivity index (χ1v) is 8.24. The Morgan fingerprint density at radius 1 is 1.16 bits per heavy atom. The van der Waals surface area contributed by atoms with E-state index in [0.717, 1.165) is 16.1 Å². The van der Waals surface area contributed by atoms with Crippen molar-refractivity contribution >= 4 is 27.8 Å².